The Morgan fingerprint density at radius 2 is 2.32 bits per heavy atom. The summed E-state index contributed by atoms with van der Waals surface area (Å²) in [7, 11) is 1.13. The van der Waals surface area contributed by atoms with Crippen LogP contribution in [-0.2, 0) is 4.74 Å². The second-order valence-corrected chi connectivity index (χ2v) is 4.34. The Morgan fingerprint density at radius 1 is 1.63 bits per heavy atom. The molecular weight excluding hydrogens is 293 g/mol. The molecule has 5 nitrogen and oxygen atoms in total. The summed E-state index contributed by atoms with van der Waals surface area (Å²) in [5, 5.41) is 11.0. The van der Waals surface area contributed by atoms with Gasteiger partial charge in [-0.2, -0.15) is 5.26 Å². The van der Waals surface area contributed by atoms with Crippen LogP contribution in [0.25, 0.3) is 0 Å². The van der Waals surface area contributed by atoms with E-state index in [0.29, 0.717) is 0 Å². The van der Waals surface area contributed by atoms with Gasteiger partial charge in [0.15, 0.2) is 11.4 Å². The van der Waals surface area contributed by atoms with Crippen molar-refractivity contribution in [3.05, 3.63) is 28.5 Å². The first-order chi connectivity index (χ1) is 9.03. The number of aliphatic imine (C=N–C) groups is 1. The molecule has 0 heterocycles. The molecular formula is C11H9ClFN3O2S. The average molecular weight is 302 g/mol. The summed E-state index contributed by atoms with van der Waals surface area (Å²) < 4.78 is 18.2. The predicted molar refractivity (Wildman–Crippen MR) is 72.1 cm³/mol. The van der Waals surface area contributed by atoms with Crippen molar-refractivity contribution in [3.8, 4) is 6.19 Å². The molecule has 0 radical (unpaired) electrons. The molecule has 100 valence electrons. The van der Waals surface area contributed by atoms with Gasteiger partial charge in [0.1, 0.15) is 11.4 Å². The van der Waals surface area contributed by atoms with E-state index in [4.69, 9.17) is 16.9 Å². The van der Waals surface area contributed by atoms with Crippen LogP contribution in [-0.4, -0.2) is 24.5 Å². The van der Waals surface area contributed by atoms with Crippen LogP contribution in [0.2, 0.25) is 5.02 Å². The molecule has 8 heteroatoms. The van der Waals surface area contributed by atoms with E-state index in [2.05, 4.69) is 15.0 Å². The minimum absolute atomic E-state index is 0.108. The van der Waals surface area contributed by atoms with Crippen LogP contribution in [0.4, 0.5) is 10.1 Å². The number of nitrogens with one attached hydrogen (secondary N) is 1. The van der Waals surface area contributed by atoms with Gasteiger partial charge in [0, 0.05) is 6.07 Å². The highest BCUT2D eigenvalue weighted by molar-refractivity contribution is 8.13. The highest BCUT2D eigenvalue weighted by Gasteiger charge is 2.18. The normalized spacial score (nSPS) is 10.8. The molecule has 0 saturated carbocycles. The first-order valence-corrected chi connectivity index (χ1v) is 6.49. The fourth-order valence-electron chi connectivity index (χ4n) is 1.21. The highest BCUT2D eigenvalue weighted by Crippen LogP contribution is 2.27. The molecule has 0 spiro atoms. The second kappa shape index (κ2) is 6.97. The fourth-order valence-corrected chi connectivity index (χ4v) is 1.83. The number of ether oxygens (including phenoxy) is 1. The number of rotatable bonds is 2. The van der Waals surface area contributed by atoms with E-state index in [9.17, 15) is 9.18 Å². The van der Waals surface area contributed by atoms with Crippen molar-refractivity contribution >= 4 is 40.2 Å². The Kier molecular flexibility index (Phi) is 5.60. The molecule has 0 bridgehead atoms. The lowest BCUT2D eigenvalue weighted by molar-refractivity contribution is 0.0596. The third-order valence-electron chi connectivity index (χ3n) is 2.00. The van der Waals surface area contributed by atoms with Gasteiger partial charge in [-0.1, -0.05) is 23.4 Å². The van der Waals surface area contributed by atoms with Crippen LogP contribution in [0.1, 0.15) is 10.4 Å². The molecule has 1 aromatic carbocycles. The Bertz CT molecular complexity index is 549. The third-order valence-corrected chi connectivity index (χ3v) is 2.88. The standard InChI is InChI=1S/C11H9ClFN3O2S/c1-18-10(17)9-7(12)3-6(4-8(9)13)16-11(19-2)15-5-14/h3-4H,1-2H3,(H,15,16). The number of thioether (sulfide) groups is 1. The maximum absolute atomic E-state index is 13.7. The number of hydrogen-bond donors (Lipinski definition) is 1. The fraction of sp³-hybridized carbons (Fsp3) is 0.182. The molecule has 1 rings (SSSR count). The minimum Gasteiger partial charge on any atom is -0.465 e. The number of methoxy groups -OCH3 is 1. The van der Waals surface area contributed by atoms with Crippen molar-refractivity contribution < 1.29 is 13.9 Å². The molecule has 19 heavy (non-hydrogen) atoms. The lowest BCUT2D eigenvalue weighted by atomic mass is 10.2. The number of amidine groups is 1. The SMILES string of the molecule is COC(=O)c1c(F)cc(N=C(NC#N)SC)cc1Cl. The molecule has 0 aliphatic carbocycles. The summed E-state index contributed by atoms with van der Waals surface area (Å²) in [4.78, 5) is 15.3. The van der Waals surface area contributed by atoms with Crippen LogP contribution in [0, 0.1) is 17.3 Å². The van der Waals surface area contributed by atoms with Crippen molar-refractivity contribution in [2.75, 3.05) is 13.4 Å². The van der Waals surface area contributed by atoms with E-state index in [1.807, 2.05) is 0 Å². The van der Waals surface area contributed by atoms with Gasteiger partial charge >= 0.3 is 5.97 Å². The van der Waals surface area contributed by atoms with Crippen LogP contribution in [0.3, 0.4) is 0 Å². The third kappa shape index (κ3) is 3.84. The minimum atomic E-state index is -0.863. The molecule has 0 aromatic heterocycles. The van der Waals surface area contributed by atoms with Crippen LogP contribution in [0.15, 0.2) is 17.1 Å². The Hall–Kier alpha value is -1.78. The van der Waals surface area contributed by atoms with Crippen molar-refractivity contribution in [2.24, 2.45) is 4.99 Å². The van der Waals surface area contributed by atoms with E-state index in [1.165, 1.54) is 17.8 Å². The molecule has 0 unspecified atom stereocenters. The van der Waals surface area contributed by atoms with Gasteiger partial charge in [0.2, 0.25) is 0 Å². The number of nitrogens with zero attached hydrogens (tertiary/aromatic N) is 2. The smallest absolute Gasteiger partial charge is 0.342 e. The monoisotopic (exact) mass is 301 g/mol. The zero-order valence-corrected chi connectivity index (χ0v) is 11.6. The van der Waals surface area contributed by atoms with Gasteiger partial charge in [-0.15, -0.1) is 0 Å². The van der Waals surface area contributed by atoms with Gasteiger partial charge in [-0.05, 0) is 12.3 Å². The van der Waals surface area contributed by atoms with E-state index < -0.39 is 11.8 Å². The number of halogens is 2. The van der Waals surface area contributed by atoms with Crippen molar-refractivity contribution in [1.29, 1.82) is 5.26 Å². The lowest BCUT2D eigenvalue weighted by Gasteiger charge is -2.06. The largest absolute Gasteiger partial charge is 0.465 e. The summed E-state index contributed by atoms with van der Waals surface area (Å²) >= 11 is 6.98. The first-order valence-electron chi connectivity index (χ1n) is 4.88. The van der Waals surface area contributed by atoms with Gasteiger partial charge < -0.3 is 4.74 Å². The van der Waals surface area contributed by atoms with Crippen molar-refractivity contribution in [1.82, 2.24) is 5.32 Å². The van der Waals surface area contributed by atoms with Gasteiger partial charge in [-0.3, -0.25) is 5.32 Å². The summed E-state index contributed by atoms with van der Waals surface area (Å²) in [6.07, 6.45) is 3.40. The van der Waals surface area contributed by atoms with Gasteiger partial charge in [0.25, 0.3) is 0 Å². The average Bonchev–Trinajstić information content (AvgIpc) is 2.37. The number of nitriles is 1. The molecule has 1 N–H and O–H groups in total. The second-order valence-electron chi connectivity index (χ2n) is 3.13. The topological polar surface area (TPSA) is 74.5 Å². The van der Waals surface area contributed by atoms with Gasteiger partial charge in [-0.25, -0.2) is 14.2 Å². The Balaban J connectivity index is 3.22. The van der Waals surface area contributed by atoms with Crippen molar-refractivity contribution in [2.45, 2.75) is 0 Å². The summed E-state index contributed by atoms with van der Waals surface area (Å²) in [6.45, 7) is 0. The maximum Gasteiger partial charge on any atom is 0.342 e. The molecule has 0 saturated heterocycles. The zero-order valence-electron chi connectivity index (χ0n) is 10.0. The number of carbonyl (C=O) groups is 1. The number of benzene rings is 1. The predicted octanol–water partition coefficient (Wildman–Crippen LogP) is 2.69. The molecule has 1 aromatic rings. The number of carbonyl (C=O) groups excluding carboxylic acids is 1. The summed E-state index contributed by atoms with van der Waals surface area (Å²) in [5.74, 6) is -1.70. The Labute approximate surface area is 118 Å². The molecule has 0 aliphatic heterocycles. The maximum atomic E-state index is 13.7. The van der Waals surface area contributed by atoms with E-state index in [-0.39, 0.29) is 21.4 Å². The summed E-state index contributed by atoms with van der Waals surface area (Å²) in [5.41, 5.74) is -0.163. The quantitative estimate of drug-likeness (QED) is 0.299. The van der Waals surface area contributed by atoms with E-state index >= 15 is 0 Å². The van der Waals surface area contributed by atoms with Crippen LogP contribution < -0.4 is 5.32 Å². The number of esters is 1. The first kappa shape index (κ1) is 15.3. The highest BCUT2D eigenvalue weighted by atomic mass is 35.5. The van der Waals surface area contributed by atoms with Crippen LogP contribution >= 0.6 is 23.4 Å². The molecule has 0 amide bonds. The van der Waals surface area contributed by atoms with E-state index in [0.717, 1.165) is 13.2 Å². The zero-order chi connectivity index (χ0) is 14.4. The molecule has 0 aliphatic rings. The van der Waals surface area contributed by atoms with Gasteiger partial charge in [0.05, 0.1) is 17.8 Å². The molecule has 0 fully saturated rings. The van der Waals surface area contributed by atoms with E-state index in [1.54, 1.807) is 12.4 Å². The lowest BCUT2D eigenvalue weighted by Crippen LogP contribution is -2.12. The number of hydrogen-bond acceptors (Lipinski definition) is 5. The Morgan fingerprint density at radius 3 is 2.79 bits per heavy atom. The van der Waals surface area contributed by atoms with Crippen LogP contribution in [0.5, 0.6) is 0 Å². The molecule has 0 atom stereocenters. The summed E-state index contributed by atoms with van der Waals surface area (Å²) in [6, 6.07) is 2.35. The van der Waals surface area contributed by atoms with Crippen molar-refractivity contribution in [3.63, 3.8) is 0 Å².